The molecule has 9 atom stereocenters. The Morgan fingerprint density at radius 3 is 2.10 bits per heavy atom. The molecule has 2 aromatic rings. The summed E-state index contributed by atoms with van der Waals surface area (Å²) in [6.45, 7) is 11.2. The van der Waals surface area contributed by atoms with E-state index in [0.717, 1.165) is 31.1 Å². The number of nitrogens with one attached hydrogen (secondary N) is 7. The molecule has 1 aromatic carbocycles. The molecule has 78 heavy (non-hydrogen) atoms. The zero-order valence-electron chi connectivity index (χ0n) is 46.6. The van der Waals surface area contributed by atoms with Gasteiger partial charge in [-0.1, -0.05) is 69.9 Å². The van der Waals surface area contributed by atoms with E-state index in [4.69, 9.17) is 23.1 Å². The van der Waals surface area contributed by atoms with Crippen molar-refractivity contribution < 1.29 is 57.8 Å². The summed E-state index contributed by atoms with van der Waals surface area (Å²) in [4.78, 5) is 151. The zero-order valence-corrected chi connectivity index (χ0v) is 47.3. The average molecular weight is 1110 g/mol. The first-order valence-corrected chi connectivity index (χ1v) is 27.5. The molecule has 7 amide bonds. The van der Waals surface area contributed by atoms with Gasteiger partial charge in [-0.05, 0) is 116 Å². The van der Waals surface area contributed by atoms with Crippen LogP contribution in [0.25, 0.3) is 10.9 Å². The van der Waals surface area contributed by atoms with Crippen LogP contribution in [0.15, 0.2) is 36.5 Å². The van der Waals surface area contributed by atoms with Crippen molar-refractivity contribution in [2.75, 3.05) is 13.2 Å². The number of aliphatic hydroxyl groups is 1. The highest BCUT2D eigenvalue weighted by Gasteiger charge is 2.41. The Balaban J connectivity index is 2.03. The maximum absolute atomic E-state index is 14.5. The van der Waals surface area contributed by atoms with Crippen molar-refractivity contribution >= 4 is 87.0 Å². The molecule has 0 fully saturated rings. The second-order valence-electron chi connectivity index (χ2n) is 21.9. The van der Waals surface area contributed by atoms with E-state index in [2.05, 4.69) is 36.9 Å². The van der Waals surface area contributed by atoms with Gasteiger partial charge in [-0.3, -0.25) is 52.7 Å². The van der Waals surface area contributed by atoms with Gasteiger partial charge in [0.2, 0.25) is 52.9 Å². The fraction of sp³-hybridized carbons (Fsp3) is 0.625. The number of carbonyl (C=O) groups excluding carboxylic acids is 11. The maximum Gasteiger partial charge on any atom is 0.246 e. The van der Waals surface area contributed by atoms with Crippen LogP contribution < -0.4 is 43.4 Å². The molecular formula is C56H84ClN9O12. The minimum Gasteiger partial charge on any atom is -0.394 e. The van der Waals surface area contributed by atoms with Crippen LogP contribution in [0.3, 0.4) is 0 Å². The Hall–Kier alpha value is -6.32. The number of Topliss-reactive ketones (excluding diaryl/α,β-unsaturated/α-hetero) is 4. The lowest BCUT2D eigenvalue weighted by Crippen LogP contribution is -2.63. The van der Waals surface area contributed by atoms with Crippen molar-refractivity contribution in [1.82, 2.24) is 36.9 Å². The van der Waals surface area contributed by atoms with E-state index in [9.17, 15) is 57.8 Å². The number of benzene rings is 1. The summed E-state index contributed by atoms with van der Waals surface area (Å²) in [6, 6.07) is -1.42. The fourth-order valence-corrected chi connectivity index (χ4v) is 9.75. The van der Waals surface area contributed by atoms with Gasteiger partial charge in [-0.2, -0.15) is 0 Å². The van der Waals surface area contributed by atoms with E-state index in [0.29, 0.717) is 41.8 Å². The molecule has 0 saturated carbocycles. The minimum atomic E-state index is -1.71. The van der Waals surface area contributed by atoms with E-state index in [1.165, 1.54) is 34.6 Å². The Morgan fingerprint density at radius 2 is 1.47 bits per heavy atom. The Labute approximate surface area is 462 Å². The highest BCUT2D eigenvalue weighted by Crippen LogP contribution is 2.35. The van der Waals surface area contributed by atoms with Gasteiger partial charge in [0.05, 0.1) is 24.6 Å². The number of nitrogens with two attached hydrogens (primary N) is 2. The lowest BCUT2D eigenvalue weighted by atomic mass is 9.73. The molecular weight excluding hydrogens is 1030 g/mol. The van der Waals surface area contributed by atoms with Crippen molar-refractivity contribution in [3.05, 3.63) is 47.1 Å². The van der Waals surface area contributed by atoms with Gasteiger partial charge in [0, 0.05) is 59.3 Å². The molecule has 1 aliphatic rings. The van der Waals surface area contributed by atoms with Gasteiger partial charge in [0.1, 0.15) is 35.2 Å². The third-order valence-corrected chi connectivity index (χ3v) is 14.6. The van der Waals surface area contributed by atoms with Gasteiger partial charge in [-0.15, -0.1) is 0 Å². The third kappa shape index (κ3) is 20.8. The monoisotopic (exact) mass is 1110 g/mol. The molecule has 1 aliphatic heterocycles. The molecule has 0 radical (unpaired) electrons. The van der Waals surface area contributed by atoms with Gasteiger partial charge >= 0.3 is 0 Å². The smallest absolute Gasteiger partial charge is 0.246 e. The van der Waals surface area contributed by atoms with E-state index >= 15 is 0 Å². The summed E-state index contributed by atoms with van der Waals surface area (Å²) in [5.41, 5.74) is 9.35. The van der Waals surface area contributed by atoms with Crippen LogP contribution >= 0.6 is 11.6 Å². The van der Waals surface area contributed by atoms with E-state index in [1.54, 1.807) is 31.3 Å². The quantitative estimate of drug-likeness (QED) is 0.0804. The lowest BCUT2D eigenvalue weighted by molar-refractivity contribution is -0.141. The van der Waals surface area contributed by atoms with Crippen LogP contribution in [0.2, 0.25) is 5.02 Å². The zero-order chi connectivity index (χ0) is 58.5. The molecule has 21 nitrogen and oxygen atoms in total. The molecule has 3 unspecified atom stereocenters. The molecule has 0 spiro atoms. The van der Waals surface area contributed by atoms with Gasteiger partial charge in [0.15, 0.2) is 0 Å². The Morgan fingerprint density at radius 1 is 0.821 bits per heavy atom. The predicted octanol–water partition coefficient (Wildman–Crippen LogP) is 3.38. The van der Waals surface area contributed by atoms with Crippen molar-refractivity contribution in [2.24, 2.45) is 34.6 Å². The Bertz CT molecular complexity index is 2510. The molecule has 3 rings (SSSR count). The van der Waals surface area contributed by atoms with Gasteiger partial charge < -0.3 is 53.5 Å². The number of H-pyrrole nitrogens is 1. The van der Waals surface area contributed by atoms with Crippen molar-refractivity contribution in [2.45, 2.75) is 187 Å². The topological polar surface area (TPSA) is 348 Å². The van der Waals surface area contributed by atoms with E-state index in [1.807, 2.05) is 26.0 Å². The number of carbonyl (C=O) groups is 11. The van der Waals surface area contributed by atoms with Crippen LogP contribution in [0, 0.1) is 23.2 Å². The van der Waals surface area contributed by atoms with Crippen LogP contribution in [0.1, 0.15) is 151 Å². The van der Waals surface area contributed by atoms with E-state index < -0.39 is 113 Å². The number of aromatic nitrogens is 1. The number of allylic oxidation sites excluding steroid dienone is 2. The molecule has 1 aromatic heterocycles. The van der Waals surface area contributed by atoms with Crippen molar-refractivity contribution in [3.8, 4) is 0 Å². The highest BCUT2D eigenvalue weighted by molar-refractivity contribution is 6.41. The number of amides is 7. The highest BCUT2D eigenvalue weighted by atomic mass is 35.5. The number of fused-ring (bicyclic) bond motifs is 1. The lowest BCUT2D eigenvalue weighted by Gasteiger charge is -2.33. The van der Waals surface area contributed by atoms with Crippen LogP contribution in [-0.4, -0.2) is 123 Å². The van der Waals surface area contributed by atoms with Gasteiger partial charge in [0.25, 0.3) is 0 Å². The molecule has 2 heterocycles. The number of rotatable bonds is 17. The maximum atomic E-state index is 14.5. The van der Waals surface area contributed by atoms with E-state index in [-0.39, 0.29) is 69.0 Å². The SMILES string of the molecule is CC(=O)C[C@]1(C)CCCCCC/C=C/CCC[C@@](C)(C(=O)NC(CO)C(=O)N[C@@H](C)C(=O)NC(C)C(N)=O)NC(=O)[C@H](CC(C)C)CN[C@@H](CCC(N)=O)C(=O)C(=O)C(C)NC(=O)[C@H](Cc2c[nH]c3cc(Cl)ccc23)CC1=O. The first-order chi connectivity index (χ1) is 36.6. The summed E-state index contributed by atoms with van der Waals surface area (Å²) < 4.78 is 0. The van der Waals surface area contributed by atoms with Crippen LogP contribution in [0.5, 0.6) is 0 Å². The number of halogens is 1. The summed E-state index contributed by atoms with van der Waals surface area (Å²) in [7, 11) is 0. The number of aromatic amines is 1. The molecule has 0 bridgehead atoms. The van der Waals surface area contributed by atoms with Gasteiger partial charge in [-0.25, -0.2) is 0 Å². The standard InChI is InChI=1S/C56H84ClN9O12/c1-32(2)24-39-30-60-42(20-21-46(58)70)48(72)47(71)34(4)62-51(75)37(25-38-29-61-43-27-40(57)18-19-41(38)43)26-45(69)55(7,28-33(3)68)22-16-14-12-10-9-11-13-15-17-23-56(8,66-52(39)76)54(78)65-44(31-67)53(77)64-36(6)50(74)63-35(5)49(59)73/h11,13,18-19,27,29,32,34-37,39,42,44,60-61,67H,9-10,12,14-17,20-26,28,30-31H2,1-8H3,(H2,58,70)(H2,59,73)(H,62,75)(H,63,74)(H,64,77)(H,65,78)(H,66,76)/b13-11+/t34?,35?,36-,37+,39+,42-,44?,55-,56-/m0/s1. The number of hydrogen-bond donors (Lipinski definition) is 10. The molecule has 432 valence electrons. The first kappa shape index (κ1) is 66.0. The fourth-order valence-electron chi connectivity index (χ4n) is 9.57. The summed E-state index contributed by atoms with van der Waals surface area (Å²) in [5, 5.41) is 27.3. The van der Waals surface area contributed by atoms with Crippen LogP contribution in [0.4, 0.5) is 0 Å². The molecule has 22 heteroatoms. The van der Waals surface area contributed by atoms with Crippen molar-refractivity contribution in [3.63, 3.8) is 0 Å². The predicted molar refractivity (Wildman–Crippen MR) is 295 cm³/mol. The molecule has 12 N–H and O–H groups in total. The number of primary amides is 2. The largest absolute Gasteiger partial charge is 0.394 e. The summed E-state index contributed by atoms with van der Waals surface area (Å²) in [6.07, 6.45) is 10.1. The second kappa shape index (κ2) is 31.3. The van der Waals surface area contributed by atoms with Crippen LogP contribution in [-0.2, 0) is 59.2 Å². The third-order valence-electron chi connectivity index (χ3n) is 14.3. The number of ketones is 4. The number of aliphatic hydroxyl groups excluding tert-OH is 1. The molecule has 0 aliphatic carbocycles. The number of hydrogen-bond acceptors (Lipinski definition) is 13. The second-order valence-corrected chi connectivity index (χ2v) is 22.4. The molecule has 0 saturated heterocycles. The summed E-state index contributed by atoms with van der Waals surface area (Å²) in [5.74, 6) is -10.0. The average Bonchev–Trinajstić information content (AvgIpc) is 3.76. The first-order valence-electron chi connectivity index (χ1n) is 27.1. The minimum absolute atomic E-state index is 0.0334. The summed E-state index contributed by atoms with van der Waals surface area (Å²) >= 11 is 6.26. The van der Waals surface area contributed by atoms with Crippen molar-refractivity contribution in [1.29, 1.82) is 0 Å². The normalized spacial score (nSPS) is 24.9. The Kier molecular flexibility index (Phi) is 26.5.